The topological polar surface area (TPSA) is 32.5 Å². The number of anilines is 1. The van der Waals surface area contributed by atoms with Gasteiger partial charge in [0.05, 0.1) is 6.04 Å². The van der Waals surface area contributed by atoms with E-state index < -0.39 is 0 Å². The largest absolute Gasteiger partial charge is 0.362 e. The van der Waals surface area contributed by atoms with Gasteiger partial charge in [0.15, 0.2) is 0 Å². The Balaban J connectivity index is 2.36. The fourth-order valence-electron chi connectivity index (χ4n) is 2.90. The Morgan fingerprint density at radius 2 is 2.11 bits per heavy atom. The minimum atomic E-state index is 0.357. The van der Waals surface area contributed by atoms with E-state index in [4.69, 9.17) is 17.3 Å². The molecular weight excluding hydrogens is 246 g/mol. The van der Waals surface area contributed by atoms with Crippen LogP contribution >= 0.6 is 11.6 Å². The predicted octanol–water partition coefficient (Wildman–Crippen LogP) is 2.12. The summed E-state index contributed by atoms with van der Waals surface area (Å²) in [7, 11) is 2.15. The zero-order valence-corrected chi connectivity index (χ0v) is 12.1. The van der Waals surface area contributed by atoms with E-state index in [0.29, 0.717) is 18.6 Å². The summed E-state index contributed by atoms with van der Waals surface area (Å²) in [5.74, 6) is 0. The van der Waals surface area contributed by atoms with Crippen LogP contribution in [-0.2, 0) is 0 Å². The first-order chi connectivity index (χ1) is 8.52. The van der Waals surface area contributed by atoms with E-state index in [0.717, 1.165) is 18.1 Å². The second kappa shape index (κ2) is 5.47. The van der Waals surface area contributed by atoms with Gasteiger partial charge in [0.25, 0.3) is 0 Å². The van der Waals surface area contributed by atoms with Gasteiger partial charge in [-0.1, -0.05) is 17.7 Å². The number of halogens is 1. The lowest BCUT2D eigenvalue weighted by molar-refractivity contribution is 0.234. The molecule has 1 aliphatic rings. The Hall–Kier alpha value is -0.770. The maximum atomic E-state index is 6.13. The fraction of sp³-hybridized carbons (Fsp3) is 0.571. The Morgan fingerprint density at radius 1 is 1.39 bits per heavy atom. The van der Waals surface area contributed by atoms with Gasteiger partial charge in [-0.15, -0.1) is 0 Å². The van der Waals surface area contributed by atoms with Crippen molar-refractivity contribution in [3.63, 3.8) is 0 Å². The zero-order valence-electron chi connectivity index (χ0n) is 11.4. The van der Waals surface area contributed by atoms with Crippen molar-refractivity contribution in [1.29, 1.82) is 0 Å². The van der Waals surface area contributed by atoms with Crippen molar-refractivity contribution in [1.82, 2.24) is 4.90 Å². The SMILES string of the molecule is Cc1ccc(Cl)cc1N1C(C)CN(C)CC1CN. The van der Waals surface area contributed by atoms with Crippen molar-refractivity contribution in [3.8, 4) is 0 Å². The molecule has 0 amide bonds. The third kappa shape index (κ3) is 2.63. The first-order valence-corrected chi connectivity index (χ1v) is 6.83. The number of nitrogens with zero attached hydrogens (tertiary/aromatic N) is 2. The summed E-state index contributed by atoms with van der Waals surface area (Å²) in [5, 5.41) is 0.789. The molecule has 0 spiro atoms. The Morgan fingerprint density at radius 3 is 2.78 bits per heavy atom. The number of likely N-dealkylation sites (N-methyl/N-ethyl adjacent to an activating group) is 1. The van der Waals surface area contributed by atoms with Crippen LogP contribution in [0.3, 0.4) is 0 Å². The highest BCUT2D eigenvalue weighted by atomic mass is 35.5. The van der Waals surface area contributed by atoms with Crippen molar-refractivity contribution in [2.24, 2.45) is 5.73 Å². The van der Waals surface area contributed by atoms with E-state index in [2.05, 4.69) is 42.8 Å². The van der Waals surface area contributed by atoms with Crippen LogP contribution in [0.5, 0.6) is 0 Å². The molecule has 1 aromatic rings. The molecule has 0 aliphatic carbocycles. The number of hydrogen-bond acceptors (Lipinski definition) is 3. The Labute approximate surface area is 115 Å². The second-order valence-corrected chi connectivity index (χ2v) is 5.73. The lowest BCUT2D eigenvalue weighted by Gasteiger charge is -2.46. The standard InChI is InChI=1S/C14H22ClN3/c1-10-4-5-12(15)6-14(10)18-11(2)8-17(3)9-13(18)7-16/h4-6,11,13H,7-9,16H2,1-3H3. The number of nitrogens with two attached hydrogens (primary N) is 1. The molecule has 18 heavy (non-hydrogen) atoms. The highest BCUT2D eigenvalue weighted by Crippen LogP contribution is 2.29. The van der Waals surface area contributed by atoms with Gasteiger partial charge in [-0.2, -0.15) is 0 Å². The first kappa shape index (κ1) is 13.7. The van der Waals surface area contributed by atoms with Gasteiger partial charge in [-0.3, -0.25) is 0 Å². The van der Waals surface area contributed by atoms with Crippen LogP contribution in [0, 0.1) is 6.92 Å². The van der Waals surface area contributed by atoms with Gasteiger partial charge in [-0.25, -0.2) is 0 Å². The van der Waals surface area contributed by atoms with E-state index in [1.54, 1.807) is 0 Å². The number of piperazine rings is 1. The quantitative estimate of drug-likeness (QED) is 0.891. The molecule has 1 aliphatic heterocycles. The first-order valence-electron chi connectivity index (χ1n) is 6.46. The van der Waals surface area contributed by atoms with Crippen LogP contribution in [0.2, 0.25) is 5.02 Å². The normalized spacial score (nSPS) is 25.5. The summed E-state index contributed by atoms with van der Waals surface area (Å²) in [5.41, 5.74) is 8.42. The summed E-state index contributed by atoms with van der Waals surface area (Å²) in [6.07, 6.45) is 0. The van der Waals surface area contributed by atoms with Crippen molar-refractivity contribution in [2.45, 2.75) is 25.9 Å². The third-order valence-corrected chi connectivity index (χ3v) is 3.92. The Kier molecular flexibility index (Phi) is 4.15. The molecule has 0 bridgehead atoms. The molecule has 100 valence electrons. The smallest absolute Gasteiger partial charge is 0.0542 e. The molecule has 1 saturated heterocycles. The molecule has 4 heteroatoms. The van der Waals surface area contributed by atoms with E-state index in [-0.39, 0.29) is 0 Å². The van der Waals surface area contributed by atoms with E-state index in [9.17, 15) is 0 Å². The van der Waals surface area contributed by atoms with Gasteiger partial charge in [0.1, 0.15) is 0 Å². The fourth-order valence-corrected chi connectivity index (χ4v) is 3.07. The molecule has 1 aromatic carbocycles. The molecule has 1 fully saturated rings. The van der Waals surface area contributed by atoms with Crippen LogP contribution in [0.4, 0.5) is 5.69 Å². The number of rotatable bonds is 2. The minimum absolute atomic E-state index is 0.357. The predicted molar refractivity (Wildman–Crippen MR) is 78.5 cm³/mol. The van der Waals surface area contributed by atoms with Crippen LogP contribution < -0.4 is 10.6 Å². The average molecular weight is 268 g/mol. The zero-order chi connectivity index (χ0) is 13.3. The van der Waals surface area contributed by atoms with Gasteiger partial charge >= 0.3 is 0 Å². The maximum absolute atomic E-state index is 6.13. The van der Waals surface area contributed by atoms with Crippen molar-refractivity contribution in [3.05, 3.63) is 28.8 Å². The summed E-state index contributed by atoms with van der Waals surface area (Å²) >= 11 is 6.13. The van der Waals surface area contributed by atoms with Crippen molar-refractivity contribution < 1.29 is 0 Å². The van der Waals surface area contributed by atoms with Crippen LogP contribution in [0.25, 0.3) is 0 Å². The molecule has 1 heterocycles. The number of hydrogen-bond donors (Lipinski definition) is 1. The van der Waals surface area contributed by atoms with Gasteiger partial charge in [0, 0.05) is 36.4 Å². The van der Waals surface area contributed by atoms with E-state index >= 15 is 0 Å². The molecule has 2 atom stereocenters. The highest BCUT2D eigenvalue weighted by molar-refractivity contribution is 6.30. The molecule has 2 unspecified atom stereocenters. The Bertz CT molecular complexity index is 422. The highest BCUT2D eigenvalue weighted by Gasteiger charge is 2.30. The second-order valence-electron chi connectivity index (χ2n) is 5.30. The number of aryl methyl sites for hydroxylation is 1. The summed E-state index contributed by atoms with van der Waals surface area (Å²) in [6, 6.07) is 6.89. The molecule has 0 aromatic heterocycles. The van der Waals surface area contributed by atoms with Crippen LogP contribution in [-0.4, -0.2) is 43.7 Å². The summed E-state index contributed by atoms with van der Waals surface area (Å²) in [4.78, 5) is 4.78. The third-order valence-electron chi connectivity index (χ3n) is 3.69. The molecule has 3 nitrogen and oxygen atoms in total. The molecule has 0 radical (unpaired) electrons. The van der Waals surface area contributed by atoms with Crippen LogP contribution in [0.15, 0.2) is 18.2 Å². The minimum Gasteiger partial charge on any atom is -0.362 e. The maximum Gasteiger partial charge on any atom is 0.0542 e. The van der Waals surface area contributed by atoms with E-state index in [1.807, 2.05) is 6.07 Å². The monoisotopic (exact) mass is 267 g/mol. The number of benzene rings is 1. The van der Waals surface area contributed by atoms with E-state index in [1.165, 1.54) is 11.3 Å². The lowest BCUT2D eigenvalue weighted by Crippen LogP contribution is -2.59. The van der Waals surface area contributed by atoms with Crippen molar-refractivity contribution in [2.75, 3.05) is 31.6 Å². The molecule has 2 rings (SSSR count). The lowest BCUT2D eigenvalue weighted by atomic mass is 10.0. The average Bonchev–Trinajstić information content (AvgIpc) is 2.32. The van der Waals surface area contributed by atoms with Gasteiger partial charge < -0.3 is 15.5 Å². The molecule has 0 saturated carbocycles. The van der Waals surface area contributed by atoms with Crippen LogP contribution in [0.1, 0.15) is 12.5 Å². The summed E-state index contributed by atoms with van der Waals surface area (Å²) in [6.45, 7) is 7.11. The molecular formula is C14H22ClN3. The molecule has 2 N–H and O–H groups in total. The van der Waals surface area contributed by atoms with Gasteiger partial charge in [-0.05, 0) is 38.6 Å². The van der Waals surface area contributed by atoms with Crippen molar-refractivity contribution >= 4 is 17.3 Å². The summed E-state index contributed by atoms with van der Waals surface area (Å²) < 4.78 is 0. The van der Waals surface area contributed by atoms with Gasteiger partial charge in [0.2, 0.25) is 0 Å².